The highest BCUT2D eigenvalue weighted by atomic mass is 32.1. The van der Waals surface area contributed by atoms with Crippen molar-refractivity contribution in [1.82, 2.24) is 4.98 Å². The molecule has 160 valence electrons. The summed E-state index contributed by atoms with van der Waals surface area (Å²) in [5.74, 6) is 1.16. The van der Waals surface area contributed by atoms with Gasteiger partial charge in [-0.3, -0.25) is 9.59 Å². The van der Waals surface area contributed by atoms with Gasteiger partial charge in [0.1, 0.15) is 24.5 Å². The third kappa shape index (κ3) is 3.50. The van der Waals surface area contributed by atoms with Crippen molar-refractivity contribution < 1.29 is 23.8 Å². The second-order valence-corrected chi connectivity index (χ2v) is 8.91. The summed E-state index contributed by atoms with van der Waals surface area (Å²) in [6.07, 6.45) is 2.79. The number of aromatic nitrogens is 1. The summed E-state index contributed by atoms with van der Waals surface area (Å²) in [5, 5.41) is 3.80. The molecule has 0 unspecified atom stereocenters. The number of ether oxygens (including phenoxy) is 3. The van der Waals surface area contributed by atoms with Crippen molar-refractivity contribution in [3.05, 3.63) is 40.4 Å². The van der Waals surface area contributed by atoms with Crippen LogP contribution in [0.3, 0.4) is 0 Å². The van der Waals surface area contributed by atoms with Crippen LogP contribution in [0.4, 0.5) is 5.69 Å². The zero-order valence-corrected chi connectivity index (χ0v) is 18.1. The monoisotopic (exact) mass is 438 g/mol. The average Bonchev–Trinajstić information content (AvgIpc) is 3.11. The SMILES string of the molecule is COc1ccc2nc(C)sc2c1C(=O)Nc1cc2c(cc1C(=O)C1CCC1)OCCO2. The Kier molecular flexibility index (Phi) is 5.02. The lowest BCUT2D eigenvalue weighted by Crippen LogP contribution is -2.25. The molecule has 7 nitrogen and oxygen atoms in total. The van der Waals surface area contributed by atoms with Gasteiger partial charge in [0, 0.05) is 17.5 Å². The molecule has 1 amide bonds. The molecule has 0 bridgehead atoms. The number of hydrogen-bond donors (Lipinski definition) is 1. The number of nitrogens with zero attached hydrogens (tertiary/aromatic N) is 1. The Labute approximate surface area is 183 Å². The van der Waals surface area contributed by atoms with E-state index in [0.717, 1.165) is 34.5 Å². The van der Waals surface area contributed by atoms with Crippen molar-refractivity contribution >= 4 is 38.9 Å². The fourth-order valence-electron chi connectivity index (χ4n) is 3.94. The predicted octanol–water partition coefficient (Wildman–Crippen LogP) is 4.62. The number of aryl methyl sites for hydroxylation is 1. The Balaban J connectivity index is 1.57. The van der Waals surface area contributed by atoms with Gasteiger partial charge in [-0.1, -0.05) is 6.42 Å². The molecule has 1 aromatic heterocycles. The second-order valence-electron chi connectivity index (χ2n) is 7.71. The van der Waals surface area contributed by atoms with Crippen LogP contribution >= 0.6 is 11.3 Å². The van der Waals surface area contributed by atoms with E-state index in [1.807, 2.05) is 13.0 Å². The summed E-state index contributed by atoms with van der Waals surface area (Å²) in [4.78, 5) is 31.0. The number of amides is 1. The number of methoxy groups -OCH3 is 1. The van der Waals surface area contributed by atoms with E-state index in [4.69, 9.17) is 14.2 Å². The molecule has 0 spiro atoms. The minimum Gasteiger partial charge on any atom is -0.496 e. The lowest BCUT2D eigenvalue weighted by atomic mass is 9.79. The van der Waals surface area contributed by atoms with Gasteiger partial charge in [-0.25, -0.2) is 4.98 Å². The van der Waals surface area contributed by atoms with Crippen molar-refractivity contribution in [1.29, 1.82) is 0 Å². The number of carbonyl (C=O) groups is 2. The maximum Gasteiger partial charge on any atom is 0.260 e. The predicted molar refractivity (Wildman–Crippen MR) is 118 cm³/mol. The Morgan fingerprint density at radius 3 is 2.58 bits per heavy atom. The van der Waals surface area contributed by atoms with Gasteiger partial charge in [0.05, 0.1) is 28.0 Å². The van der Waals surface area contributed by atoms with Crippen LogP contribution < -0.4 is 19.5 Å². The van der Waals surface area contributed by atoms with Crippen LogP contribution in [0.15, 0.2) is 24.3 Å². The number of benzene rings is 2. The standard InChI is InChI=1S/C23H22N2O5S/c1-12-24-15-6-7-17(28-2)20(22(15)31-12)23(27)25-16-11-19-18(29-8-9-30-19)10-14(16)21(26)13-4-3-5-13/h6-7,10-11,13H,3-5,8-9H2,1-2H3,(H,25,27). The fourth-order valence-corrected chi connectivity index (χ4v) is 4.89. The van der Waals surface area contributed by atoms with Gasteiger partial charge in [-0.2, -0.15) is 0 Å². The lowest BCUT2D eigenvalue weighted by molar-refractivity contribution is 0.0855. The molecule has 0 saturated heterocycles. The van der Waals surface area contributed by atoms with Gasteiger partial charge in [-0.05, 0) is 38.0 Å². The fraction of sp³-hybridized carbons (Fsp3) is 0.348. The van der Waals surface area contributed by atoms with Crippen molar-refractivity contribution in [2.45, 2.75) is 26.2 Å². The van der Waals surface area contributed by atoms with Crippen molar-refractivity contribution in [3.63, 3.8) is 0 Å². The van der Waals surface area contributed by atoms with Crippen LogP contribution in [-0.4, -0.2) is 37.0 Å². The maximum absolute atomic E-state index is 13.4. The molecular formula is C23H22N2O5S. The van der Waals surface area contributed by atoms with E-state index < -0.39 is 0 Å². The summed E-state index contributed by atoms with van der Waals surface area (Å²) in [5.41, 5.74) is 2.02. The minimum absolute atomic E-state index is 0.0136. The number of nitrogens with one attached hydrogen (secondary N) is 1. The van der Waals surface area contributed by atoms with Gasteiger partial charge in [0.2, 0.25) is 0 Å². The first kappa shape index (κ1) is 19.8. The number of ketones is 1. The summed E-state index contributed by atoms with van der Waals surface area (Å²) in [7, 11) is 1.53. The van der Waals surface area contributed by atoms with E-state index in [-0.39, 0.29) is 17.6 Å². The molecule has 31 heavy (non-hydrogen) atoms. The molecule has 0 radical (unpaired) electrons. The zero-order chi connectivity index (χ0) is 21.5. The molecule has 2 heterocycles. The number of fused-ring (bicyclic) bond motifs is 2. The Bertz CT molecular complexity index is 1200. The number of rotatable bonds is 5. The van der Waals surface area contributed by atoms with Crippen molar-refractivity contribution in [2.75, 3.05) is 25.6 Å². The smallest absolute Gasteiger partial charge is 0.260 e. The molecule has 8 heteroatoms. The number of thiazole rings is 1. The van der Waals surface area contributed by atoms with Crippen molar-refractivity contribution in [3.8, 4) is 17.2 Å². The lowest BCUT2D eigenvalue weighted by Gasteiger charge is -2.26. The van der Waals surface area contributed by atoms with Gasteiger partial charge in [0.25, 0.3) is 5.91 Å². The van der Waals surface area contributed by atoms with Gasteiger partial charge < -0.3 is 19.5 Å². The van der Waals surface area contributed by atoms with E-state index in [1.54, 1.807) is 18.2 Å². The number of Topliss-reactive ketones (excluding diaryl/α,β-unsaturated/α-hetero) is 1. The van der Waals surface area contributed by atoms with Gasteiger partial charge in [0.15, 0.2) is 17.3 Å². The van der Waals surface area contributed by atoms with Crippen molar-refractivity contribution in [2.24, 2.45) is 5.92 Å². The van der Waals surface area contributed by atoms with Crippen LogP contribution in [0.5, 0.6) is 17.2 Å². The first-order valence-corrected chi connectivity index (χ1v) is 11.1. The highest BCUT2D eigenvalue weighted by Crippen LogP contribution is 2.40. The quantitative estimate of drug-likeness (QED) is 0.585. The normalized spacial score (nSPS) is 15.4. The van der Waals surface area contributed by atoms with E-state index in [9.17, 15) is 9.59 Å². The number of hydrogen-bond acceptors (Lipinski definition) is 7. The first-order valence-electron chi connectivity index (χ1n) is 10.3. The average molecular weight is 439 g/mol. The van der Waals surface area contributed by atoms with E-state index in [1.165, 1.54) is 18.4 Å². The number of carbonyl (C=O) groups excluding carboxylic acids is 2. The highest BCUT2D eigenvalue weighted by molar-refractivity contribution is 7.19. The van der Waals surface area contributed by atoms with Gasteiger partial charge in [-0.15, -0.1) is 11.3 Å². The summed E-state index contributed by atoms with van der Waals surface area (Å²) in [6, 6.07) is 6.95. The molecule has 1 N–H and O–H groups in total. The molecule has 2 aliphatic rings. The Morgan fingerprint density at radius 1 is 1.16 bits per heavy atom. The number of anilines is 1. The molecule has 1 aliphatic carbocycles. The third-order valence-electron chi connectivity index (χ3n) is 5.75. The van der Waals surface area contributed by atoms with Crippen LogP contribution in [0, 0.1) is 12.8 Å². The maximum atomic E-state index is 13.4. The molecule has 0 atom stereocenters. The van der Waals surface area contributed by atoms with Crippen LogP contribution in [0.2, 0.25) is 0 Å². The molecule has 2 aromatic carbocycles. The van der Waals surface area contributed by atoms with Crippen LogP contribution in [0.25, 0.3) is 10.2 Å². The largest absolute Gasteiger partial charge is 0.496 e. The van der Waals surface area contributed by atoms with Crippen LogP contribution in [0.1, 0.15) is 45.0 Å². The summed E-state index contributed by atoms with van der Waals surface area (Å²) in [6.45, 7) is 2.75. The molecule has 1 saturated carbocycles. The topological polar surface area (TPSA) is 86.8 Å². The Morgan fingerprint density at radius 2 is 1.90 bits per heavy atom. The minimum atomic E-state index is -0.356. The summed E-state index contributed by atoms with van der Waals surface area (Å²) < 4.78 is 17.6. The van der Waals surface area contributed by atoms with E-state index in [2.05, 4.69) is 10.3 Å². The van der Waals surface area contributed by atoms with E-state index in [0.29, 0.717) is 47.3 Å². The highest BCUT2D eigenvalue weighted by Gasteiger charge is 2.30. The second kappa shape index (κ2) is 7.85. The molecule has 3 aromatic rings. The summed E-state index contributed by atoms with van der Waals surface area (Å²) >= 11 is 1.43. The molecule has 5 rings (SSSR count). The zero-order valence-electron chi connectivity index (χ0n) is 17.3. The van der Waals surface area contributed by atoms with Crippen LogP contribution in [-0.2, 0) is 0 Å². The van der Waals surface area contributed by atoms with Gasteiger partial charge >= 0.3 is 0 Å². The first-order chi connectivity index (χ1) is 15.0. The molecule has 1 fully saturated rings. The molecular weight excluding hydrogens is 416 g/mol. The van der Waals surface area contributed by atoms with E-state index >= 15 is 0 Å². The third-order valence-corrected chi connectivity index (χ3v) is 6.75. The molecule has 1 aliphatic heterocycles. The Hall–Kier alpha value is -3.13.